The summed E-state index contributed by atoms with van der Waals surface area (Å²) in [5, 5.41) is 5.59. The highest BCUT2D eigenvalue weighted by atomic mass is 32.1. The first-order valence-corrected chi connectivity index (χ1v) is 9.63. The molecule has 4 rings (SSSR count). The lowest BCUT2D eigenvalue weighted by molar-refractivity contribution is 0.0728. The average molecular weight is 380 g/mol. The molecule has 0 atom stereocenters. The molecule has 7 nitrogen and oxygen atoms in total. The Balaban J connectivity index is 1.46. The van der Waals surface area contributed by atoms with Crippen molar-refractivity contribution in [1.82, 2.24) is 29.4 Å². The number of fused-ring (bicyclic) bond motifs is 1. The maximum absolute atomic E-state index is 12.5. The van der Waals surface area contributed by atoms with Crippen LogP contribution in [-0.2, 0) is 26.1 Å². The molecular weight excluding hydrogens is 360 g/mol. The molecule has 0 radical (unpaired) electrons. The molecule has 27 heavy (non-hydrogen) atoms. The standard InChI is InChI=1S/C19H20N6OS/c1-24(10-14-3-2-5-20-7-14)11-15-8-21-9-16-12-25(6-4-17(15)16)19(26)18-13-27-23-22-18/h2-3,5,7-9,13H,4,6,10-12H2,1H3. The topological polar surface area (TPSA) is 75.1 Å². The molecule has 0 unspecified atom stereocenters. The molecule has 0 spiro atoms. The van der Waals surface area contributed by atoms with Crippen LogP contribution in [0.5, 0.6) is 0 Å². The van der Waals surface area contributed by atoms with Gasteiger partial charge < -0.3 is 4.90 Å². The van der Waals surface area contributed by atoms with Gasteiger partial charge in [0.2, 0.25) is 0 Å². The largest absolute Gasteiger partial charge is 0.332 e. The number of aromatic nitrogens is 4. The van der Waals surface area contributed by atoms with E-state index in [9.17, 15) is 4.79 Å². The van der Waals surface area contributed by atoms with Gasteiger partial charge in [-0.15, -0.1) is 5.10 Å². The summed E-state index contributed by atoms with van der Waals surface area (Å²) in [6, 6.07) is 4.04. The summed E-state index contributed by atoms with van der Waals surface area (Å²) in [4.78, 5) is 25.2. The quantitative estimate of drug-likeness (QED) is 0.675. The number of carbonyl (C=O) groups is 1. The predicted molar refractivity (Wildman–Crippen MR) is 102 cm³/mol. The molecule has 1 aliphatic rings. The highest BCUT2D eigenvalue weighted by Crippen LogP contribution is 2.24. The zero-order valence-electron chi connectivity index (χ0n) is 15.1. The van der Waals surface area contributed by atoms with Crippen LogP contribution in [0.2, 0.25) is 0 Å². The Kier molecular flexibility index (Phi) is 5.17. The Hall–Kier alpha value is -2.71. The molecule has 3 aromatic rings. The van der Waals surface area contributed by atoms with Gasteiger partial charge in [0, 0.05) is 56.3 Å². The zero-order valence-corrected chi connectivity index (χ0v) is 15.9. The molecule has 0 aliphatic carbocycles. The fourth-order valence-corrected chi connectivity index (χ4v) is 3.88. The molecule has 0 N–H and O–H groups in total. The summed E-state index contributed by atoms with van der Waals surface area (Å²) in [6.07, 6.45) is 8.33. The van der Waals surface area contributed by atoms with Crippen molar-refractivity contribution in [1.29, 1.82) is 0 Å². The van der Waals surface area contributed by atoms with Crippen LogP contribution in [0.3, 0.4) is 0 Å². The van der Waals surface area contributed by atoms with E-state index in [0.29, 0.717) is 18.8 Å². The molecule has 0 aromatic carbocycles. The fraction of sp³-hybridized carbons (Fsp3) is 0.316. The van der Waals surface area contributed by atoms with Crippen LogP contribution in [0, 0.1) is 0 Å². The first kappa shape index (κ1) is 17.7. The second kappa shape index (κ2) is 7.89. The van der Waals surface area contributed by atoms with Crippen molar-refractivity contribution in [3.63, 3.8) is 0 Å². The molecule has 1 amide bonds. The van der Waals surface area contributed by atoms with Gasteiger partial charge >= 0.3 is 0 Å². The lowest BCUT2D eigenvalue weighted by Crippen LogP contribution is -2.37. The van der Waals surface area contributed by atoms with Crippen molar-refractivity contribution >= 4 is 17.4 Å². The number of nitrogens with zero attached hydrogens (tertiary/aromatic N) is 6. The molecular formula is C19H20N6OS. The lowest BCUT2D eigenvalue weighted by atomic mass is 9.96. The lowest BCUT2D eigenvalue weighted by Gasteiger charge is -2.30. The van der Waals surface area contributed by atoms with Gasteiger partial charge in [-0.05, 0) is 53.3 Å². The van der Waals surface area contributed by atoms with E-state index in [4.69, 9.17) is 0 Å². The SMILES string of the molecule is CN(Cc1cccnc1)Cc1cncc2c1CCN(C(=O)c1csnn1)C2. The third-order valence-corrected chi connectivity index (χ3v) is 5.22. The molecule has 0 bridgehead atoms. The third kappa shape index (κ3) is 4.01. The van der Waals surface area contributed by atoms with Gasteiger partial charge in [-0.25, -0.2) is 0 Å². The Bertz CT molecular complexity index is 915. The van der Waals surface area contributed by atoms with Gasteiger partial charge in [-0.2, -0.15) is 0 Å². The van der Waals surface area contributed by atoms with Crippen LogP contribution in [0.25, 0.3) is 0 Å². The number of rotatable bonds is 5. The Labute approximate surface area is 161 Å². The van der Waals surface area contributed by atoms with Crippen molar-refractivity contribution < 1.29 is 4.79 Å². The van der Waals surface area contributed by atoms with E-state index in [1.54, 1.807) is 11.6 Å². The maximum atomic E-state index is 12.5. The first-order valence-electron chi connectivity index (χ1n) is 8.79. The summed E-state index contributed by atoms with van der Waals surface area (Å²) in [7, 11) is 2.10. The third-order valence-electron chi connectivity index (χ3n) is 4.71. The fourth-order valence-electron chi connectivity index (χ4n) is 3.45. The molecule has 0 saturated carbocycles. The van der Waals surface area contributed by atoms with E-state index in [1.165, 1.54) is 28.2 Å². The van der Waals surface area contributed by atoms with Gasteiger partial charge in [-0.3, -0.25) is 19.7 Å². The van der Waals surface area contributed by atoms with Crippen LogP contribution >= 0.6 is 11.5 Å². The number of hydrogen-bond acceptors (Lipinski definition) is 7. The summed E-state index contributed by atoms with van der Waals surface area (Å²) in [6.45, 7) is 2.90. The zero-order chi connectivity index (χ0) is 18.6. The molecule has 0 saturated heterocycles. The highest BCUT2D eigenvalue weighted by Gasteiger charge is 2.25. The average Bonchev–Trinajstić information content (AvgIpc) is 3.23. The predicted octanol–water partition coefficient (Wildman–Crippen LogP) is 2.16. The smallest absolute Gasteiger partial charge is 0.275 e. The Morgan fingerprint density at radius 3 is 2.96 bits per heavy atom. The van der Waals surface area contributed by atoms with Crippen molar-refractivity contribution in [2.75, 3.05) is 13.6 Å². The second-order valence-corrected chi connectivity index (χ2v) is 7.35. The molecule has 0 fully saturated rings. The van der Waals surface area contributed by atoms with Crippen LogP contribution in [-0.4, -0.2) is 48.9 Å². The van der Waals surface area contributed by atoms with Gasteiger partial charge in [0.05, 0.1) is 0 Å². The van der Waals surface area contributed by atoms with E-state index in [0.717, 1.165) is 25.1 Å². The van der Waals surface area contributed by atoms with Gasteiger partial charge in [0.1, 0.15) is 0 Å². The summed E-state index contributed by atoms with van der Waals surface area (Å²) in [5.41, 5.74) is 5.25. The minimum Gasteiger partial charge on any atom is -0.332 e. The monoisotopic (exact) mass is 380 g/mol. The van der Waals surface area contributed by atoms with Crippen molar-refractivity contribution in [2.24, 2.45) is 0 Å². The minimum atomic E-state index is -0.0616. The summed E-state index contributed by atoms with van der Waals surface area (Å²) < 4.78 is 3.79. The van der Waals surface area contributed by atoms with Crippen molar-refractivity contribution in [2.45, 2.75) is 26.1 Å². The van der Waals surface area contributed by atoms with Crippen molar-refractivity contribution in [3.05, 3.63) is 70.2 Å². The summed E-state index contributed by atoms with van der Waals surface area (Å²) >= 11 is 1.20. The molecule has 8 heteroatoms. The normalized spacial score (nSPS) is 13.6. The van der Waals surface area contributed by atoms with Crippen LogP contribution in [0.1, 0.15) is 32.7 Å². The van der Waals surface area contributed by atoms with Gasteiger partial charge in [-0.1, -0.05) is 10.6 Å². The van der Waals surface area contributed by atoms with E-state index in [2.05, 4.69) is 37.6 Å². The van der Waals surface area contributed by atoms with E-state index < -0.39 is 0 Å². The molecule has 138 valence electrons. The Morgan fingerprint density at radius 1 is 1.26 bits per heavy atom. The Morgan fingerprint density at radius 2 is 2.19 bits per heavy atom. The van der Waals surface area contributed by atoms with E-state index >= 15 is 0 Å². The number of amides is 1. The summed E-state index contributed by atoms with van der Waals surface area (Å²) in [5.74, 6) is -0.0616. The second-order valence-electron chi connectivity index (χ2n) is 6.74. The minimum absolute atomic E-state index is 0.0616. The molecule has 4 heterocycles. The highest BCUT2D eigenvalue weighted by molar-refractivity contribution is 7.03. The number of hydrogen-bond donors (Lipinski definition) is 0. The van der Waals surface area contributed by atoms with Crippen molar-refractivity contribution in [3.8, 4) is 0 Å². The molecule has 1 aliphatic heterocycles. The van der Waals surface area contributed by atoms with Crippen LogP contribution < -0.4 is 0 Å². The first-order chi connectivity index (χ1) is 13.2. The van der Waals surface area contributed by atoms with Gasteiger partial charge in [0.25, 0.3) is 5.91 Å². The number of pyridine rings is 2. The maximum Gasteiger partial charge on any atom is 0.275 e. The number of carbonyl (C=O) groups excluding carboxylic acids is 1. The molecule has 3 aromatic heterocycles. The van der Waals surface area contributed by atoms with Crippen LogP contribution in [0.4, 0.5) is 0 Å². The van der Waals surface area contributed by atoms with Crippen LogP contribution in [0.15, 0.2) is 42.3 Å². The van der Waals surface area contributed by atoms with Gasteiger partial charge in [0.15, 0.2) is 5.69 Å². The van der Waals surface area contributed by atoms with E-state index in [1.807, 2.05) is 29.6 Å². The van der Waals surface area contributed by atoms with E-state index in [-0.39, 0.29) is 5.91 Å².